The lowest BCUT2D eigenvalue weighted by Gasteiger charge is -2.23. The van der Waals surface area contributed by atoms with Gasteiger partial charge in [-0.1, -0.05) is 18.2 Å². The van der Waals surface area contributed by atoms with Gasteiger partial charge in [0.1, 0.15) is 5.69 Å². The Hall–Kier alpha value is -2.18. The summed E-state index contributed by atoms with van der Waals surface area (Å²) in [4.78, 5) is 2.19. The third-order valence-electron chi connectivity index (χ3n) is 4.75. The van der Waals surface area contributed by atoms with Crippen LogP contribution in [0.2, 0.25) is 0 Å². The number of ether oxygens (including phenoxy) is 2. The Morgan fingerprint density at radius 3 is 2.56 bits per heavy atom. The Kier molecular flexibility index (Phi) is 4.09. The molecule has 0 unspecified atom stereocenters. The van der Waals surface area contributed by atoms with Crippen LogP contribution in [0.4, 0.5) is 5.69 Å². The monoisotopic (exact) mass is 357 g/mol. The van der Waals surface area contributed by atoms with E-state index in [9.17, 15) is 5.11 Å². The van der Waals surface area contributed by atoms with Gasteiger partial charge in [-0.3, -0.25) is 0 Å². The van der Waals surface area contributed by atoms with E-state index in [1.807, 2.05) is 36.4 Å². The maximum absolute atomic E-state index is 11.6. The molecular formula is C19H21N2O3S+. The first-order valence-corrected chi connectivity index (χ1v) is 9.21. The largest absolute Gasteiger partial charge is 0.493 e. The zero-order valence-corrected chi connectivity index (χ0v) is 15.1. The second kappa shape index (κ2) is 6.28. The highest BCUT2D eigenvalue weighted by Crippen LogP contribution is 2.40. The number of nitrogens with zero attached hydrogens (tertiary/aromatic N) is 2. The van der Waals surface area contributed by atoms with Crippen molar-refractivity contribution in [3.8, 4) is 11.5 Å². The Labute approximate surface area is 151 Å². The molecule has 2 aromatic rings. The summed E-state index contributed by atoms with van der Waals surface area (Å²) >= 11 is 1.78. The van der Waals surface area contributed by atoms with Gasteiger partial charge in [-0.25, -0.2) is 9.48 Å². The third kappa shape index (κ3) is 2.56. The fourth-order valence-corrected chi connectivity index (χ4v) is 4.66. The number of amidine groups is 1. The van der Waals surface area contributed by atoms with E-state index >= 15 is 0 Å². The summed E-state index contributed by atoms with van der Waals surface area (Å²) in [6.45, 7) is 1.29. The van der Waals surface area contributed by atoms with Crippen molar-refractivity contribution in [2.24, 2.45) is 0 Å². The lowest BCUT2D eigenvalue weighted by molar-refractivity contribution is -0.650. The molecule has 25 heavy (non-hydrogen) atoms. The summed E-state index contributed by atoms with van der Waals surface area (Å²) in [6.07, 6.45) is 0. The summed E-state index contributed by atoms with van der Waals surface area (Å²) in [5.74, 6) is 2.25. The van der Waals surface area contributed by atoms with Crippen LogP contribution in [-0.4, -0.2) is 47.9 Å². The molecule has 0 bridgehead atoms. The van der Waals surface area contributed by atoms with Crippen molar-refractivity contribution >= 4 is 22.6 Å². The minimum Gasteiger partial charge on any atom is -0.493 e. The summed E-state index contributed by atoms with van der Waals surface area (Å²) in [5.41, 5.74) is 0.811. The smallest absolute Gasteiger partial charge is 0.316 e. The number of β-amino-alcohol motifs (C(OH)–C–C–N with tert-alkyl or cyclic N) is 1. The van der Waals surface area contributed by atoms with Crippen molar-refractivity contribution < 1.29 is 19.2 Å². The zero-order chi connectivity index (χ0) is 17.4. The van der Waals surface area contributed by atoms with Crippen LogP contribution in [0.3, 0.4) is 0 Å². The second-order valence-corrected chi connectivity index (χ2v) is 7.15. The average molecular weight is 357 g/mol. The molecule has 6 heteroatoms. The summed E-state index contributed by atoms with van der Waals surface area (Å²) in [7, 11) is 3.22. The number of thioether (sulfide) groups is 1. The first-order valence-electron chi connectivity index (χ1n) is 8.22. The molecule has 0 saturated carbocycles. The molecule has 0 aromatic heterocycles. The predicted molar refractivity (Wildman–Crippen MR) is 99.8 cm³/mol. The highest BCUT2D eigenvalue weighted by molar-refractivity contribution is 8.14. The Balaban J connectivity index is 1.77. The molecule has 0 aliphatic carbocycles. The van der Waals surface area contributed by atoms with Crippen LogP contribution in [0, 0.1) is 0 Å². The van der Waals surface area contributed by atoms with E-state index in [1.54, 1.807) is 26.0 Å². The van der Waals surface area contributed by atoms with Crippen molar-refractivity contribution in [1.82, 2.24) is 0 Å². The van der Waals surface area contributed by atoms with E-state index < -0.39 is 5.72 Å². The number of benzene rings is 2. The predicted octanol–water partition coefficient (Wildman–Crippen LogP) is 2.48. The molecule has 0 amide bonds. The molecule has 2 aliphatic rings. The standard InChI is InChI=1S/C19H21N2O3S/c1-23-16-9-8-14(12-17(16)24-2)19(22)13-20(15-6-4-3-5-7-15)18-21(19)10-11-25-18/h3-9,12,22H,10-11,13H2,1-2H3/q+1/t19-/m1/s1. The summed E-state index contributed by atoms with van der Waals surface area (Å²) in [6, 6.07) is 15.8. The Bertz CT molecular complexity index is 825. The van der Waals surface area contributed by atoms with Crippen molar-refractivity contribution in [2.45, 2.75) is 5.72 Å². The van der Waals surface area contributed by atoms with Gasteiger partial charge >= 0.3 is 5.17 Å². The Morgan fingerprint density at radius 1 is 1.08 bits per heavy atom. The van der Waals surface area contributed by atoms with Gasteiger partial charge in [0.05, 0.1) is 20.8 Å². The van der Waals surface area contributed by atoms with Gasteiger partial charge in [0, 0.05) is 11.3 Å². The summed E-state index contributed by atoms with van der Waals surface area (Å²) < 4.78 is 12.8. The quantitative estimate of drug-likeness (QED) is 0.852. The third-order valence-corrected chi connectivity index (χ3v) is 5.83. The van der Waals surface area contributed by atoms with Crippen molar-refractivity contribution in [3.05, 3.63) is 54.1 Å². The van der Waals surface area contributed by atoms with Gasteiger partial charge in [0.15, 0.2) is 18.0 Å². The molecule has 2 aliphatic heterocycles. The number of hydrogen-bond donors (Lipinski definition) is 1. The molecule has 0 fully saturated rings. The highest BCUT2D eigenvalue weighted by Gasteiger charge is 2.54. The molecule has 2 aromatic carbocycles. The van der Waals surface area contributed by atoms with Gasteiger partial charge in [0.2, 0.25) is 0 Å². The van der Waals surface area contributed by atoms with E-state index in [2.05, 4.69) is 21.6 Å². The lowest BCUT2D eigenvalue weighted by atomic mass is 10.0. The normalized spacial score (nSPS) is 22.3. The fraction of sp³-hybridized carbons (Fsp3) is 0.316. The van der Waals surface area contributed by atoms with Crippen LogP contribution in [0.5, 0.6) is 11.5 Å². The highest BCUT2D eigenvalue weighted by atomic mass is 32.2. The molecular weight excluding hydrogens is 336 g/mol. The zero-order valence-electron chi connectivity index (χ0n) is 14.3. The number of methoxy groups -OCH3 is 2. The molecule has 130 valence electrons. The van der Waals surface area contributed by atoms with Gasteiger partial charge in [-0.05, 0) is 42.1 Å². The lowest BCUT2D eigenvalue weighted by Crippen LogP contribution is -2.41. The van der Waals surface area contributed by atoms with Crippen LogP contribution in [-0.2, 0) is 5.72 Å². The van der Waals surface area contributed by atoms with Gasteiger partial charge in [-0.15, -0.1) is 0 Å². The maximum Gasteiger partial charge on any atom is 0.316 e. The van der Waals surface area contributed by atoms with Crippen LogP contribution in [0.15, 0.2) is 48.5 Å². The average Bonchev–Trinajstić information content (AvgIpc) is 3.25. The first-order chi connectivity index (χ1) is 12.2. The fourth-order valence-electron chi connectivity index (χ4n) is 3.48. The van der Waals surface area contributed by atoms with Crippen LogP contribution in [0.25, 0.3) is 0 Å². The van der Waals surface area contributed by atoms with Gasteiger partial charge in [0.25, 0.3) is 5.72 Å². The van der Waals surface area contributed by atoms with E-state index in [0.717, 1.165) is 28.7 Å². The Morgan fingerprint density at radius 2 is 1.84 bits per heavy atom. The molecule has 1 atom stereocenters. The number of para-hydroxylation sites is 1. The van der Waals surface area contributed by atoms with Crippen molar-refractivity contribution in [1.29, 1.82) is 0 Å². The van der Waals surface area contributed by atoms with E-state index in [-0.39, 0.29) is 0 Å². The molecule has 2 heterocycles. The van der Waals surface area contributed by atoms with Crippen LogP contribution < -0.4 is 14.4 Å². The van der Waals surface area contributed by atoms with E-state index in [4.69, 9.17) is 9.47 Å². The number of aliphatic hydroxyl groups is 1. The number of hydrogen-bond acceptors (Lipinski definition) is 5. The van der Waals surface area contributed by atoms with Crippen LogP contribution in [0.1, 0.15) is 5.56 Å². The molecule has 1 N–H and O–H groups in total. The molecule has 0 spiro atoms. The molecule has 5 nitrogen and oxygen atoms in total. The minimum atomic E-state index is -1.09. The minimum absolute atomic E-state index is 0.481. The van der Waals surface area contributed by atoms with Crippen molar-refractivity contribution in [3.63, 3.8) is 0 Å². The maximum atomic E-state index is 11.6. The van der Waals surface area contributed by atoms with E-state index in [0.29, 0.717) is 18.0 Å². The SMILES string of the molecule is COc1ccc([C@]2(O)CN(c3ccccc3)C3=[N+]2CCS3)cc1OC. The van der Waals surface area contributed by atoms with Gasteiger partial charge < -0.3 is 14.6 Å². The molecule has 0 saturated heterocycles. The molecule has 0 radical (unpaired) electrons. The van der Waals surface area contributed by atoms with E-state index in [1.165, 1.54) is 0 Å². The molecule has 4 rings (SSSR count). The topological polar surface area (TPSA) is 44.9 Å². The first kappa shape index (κ1) is 16.3. The summed E-state index contributed by atoms with van der Waals surface area (Å²) in [5, 5.41) is 12.7. The van der Waals surface area contributed by atoms with Crippen LogP contribution >= 0.6 is 11.8 Å². The number of anilines is 1. The number of rotatable bonds is 4. The second-order valence-electron chi connectivity index (χ2n) is 6.09. The van der Waals surface area contributed by atoms with Crippen molar-refractivity contribution in [2.75, 3.05) is 38.0 Å². The van der Waals surface area contributed by atoms with Gasteiger partial charge in [-0.2, -0.15) is 0 Å².